The van der Waals surface area contributed by atoms with E-state index in [0.29, 0.717) is 22.0 Å². The number of hydrogen-bond acceptors (Lipinski definition) is 6. The second-order valence-electron chi connectivity index (χ2n) is 4.19. The summed E-state index contributed by atoms with van der Waals surface area (Å²) in [6.07, 6.45) is 0. The van der Waals surface area contributed by atoms with Crippen molar-refractivity contribution in [2.45, 2.75) is 6.92 Å². The highest BCUT2D eigenvalue weighted by atomic mass is 32.1. The third kappa shape index (κ3) is 2.30. The van der Waals surface area contributed by atoms with Gasteiger partial charge < -0.3 is 5.73 Å². The van der Waals surface area contributed by atoms with Gasteiger partial charge in [0.1, 0.15) is 10.8 Å². The van der Waals surface area contributed by atoms with Gasteiger partial charge in [0.25, 0.3) is 5.91 Å². The molecule has 6 nitrogen and oxygen atoms in total. The van der Waals surface area contributed by atoms with Gasteiger partial charge in [0.2, 0.25) is 5.13 Å². The van der Waals surface area contributed by atoms with Gasteiger partial charge in [-0.2, -0.15) is 0 Å². The molecule has 0 fully saturated rings. The van der Waals surface area contributed by atoms with Gasteiger partial charge in [-0.05, 0) is 19.1 Å². The average molecular weight is 285 g/mol. The number of hydrogen-bond donors (Lipinski definition) is 2. The molecule has 3 aromatic rings. The third-order valence-corrected chi connectivity index (χ3v) is 3.48. The Labute approximate surface area is 118 Å². The first-order valence-corrected chi connectivity index (χ1v) is 6.72. The SMILES string of the molecule is Cc1nnc(NC(=O)c2cc(N)nc3ccccc23)s1. The largest absolute Gasteiger partial charge is 0.384 e. The monoisotopic (exact) mass is 285 g/mol. The lowest BCUT2D eigenvalue weighted by Gasteiger charge is -2.06. The maximum absolute atomic E-state index is 12.3. The number of nitrogens with one attached hydrogen (secondary N) is 1. The van der Waals surface area contributed by atoms with Crippen molar-refractivity contribution in [2.24, 2.45) is 0 Å². The van der Waals surface area contributed by atoms with Crippen LogP contribution in [0.1, 0.15) is 15.4 Å². The van der Waals surface area contributed by atoms with E-state index in [2.05, 4.69) is 20.5 Å². The summed E-state index contributed by atoms with van der Waals surface area (Å²) in [7, 11) is 0. The number of rotatable bonds is 2. The minimum Gasteiger partial charge on any atom is -0.384 e. The topological polar surface area (TPSA) is 93.8 Å². The Bertz CT molecular complexity index is 798. The van der Waals surface area contributed by atoms with Gasteiger partial charge in [-0.3, -0.25) is 10.1 Å². The highest BCUT2D eigenvalue weighted by Crippen LogP contribution is 2.21. The molecule has 0 aliphatic heterocycles. The van der Waals surface area contributed by atoms with Crippen molar-refractivity contribution < 1.29 is 4.79 Å². The number of carbonyl (C=O) groups is 1. The normalized spacial score (nSPS) is 10.7. The number of pyridine rings is 1. The van der Waals surface area contributed by atoms with Crippen LogP contribution in [-0.2, 0) is 0 Å². The number of fused-ring (bicyclic) bond motifs is 1. The van der Waals surface area contributed by atoms with Crippen molar-refractivity contribution in [1.82, 2.24) is 15.2 Å². The number of anilines is 2. The van der Waals surface area contributed by atoms with E-state index < -0.39 is 0 Å². The number of aromatic nitrogens is 3. The van der Waals surface area contributed by atoms with E-state index in [1.54, 1.807) is 6.07 Å². The Morgan fingerprint density at radius 2 is 2.10 bits per heavy atom. The van der Waals surface area contributed by atoms with Gasteiger partial charge in [-0.25, -0.2) is 4.98 Å². The van der Waals surface area contributed by atoms with Crippen molar-refractivity contribution >= 4 is 39.1 Å². The van der Waals surface area contributed by atoms with Crippen molar-refractivity contribution in [1.29, 1.82) is 0 Å². The molecule has 0 saturated heterocycles. The minimum atomic E-state index is -0.272. The number of carbonyl (C=O) groups excluding carboxylic acids is 1. The van der Waals surface area contributed by atoms with Crippen molar-refractivity contribution in [3.8, 4) is 0 Å². The predicted octanol–water partition coefficient (Wildman–Crippen LogP) is 2.23. The molecule has 0 aliphatic rings. The van der Waals surface area contributed by atoms with Gasteiger partial charge >= 0.3 is 0 Å². The Morgan fingerprint density at radius 1 is 1.30 bits per heavy atom. The summed E-state index contributed by atoms with van der Waals surface area (Å²) < 4.78 is 0. The lowest BCUT2D eigenvalue weighted by atomic mass is 10.1. The number of nitrogen functional groups attached to an aromatic ring is 1. The van der Waals surface area contributed by atoms with Crippen LogP contribution in [0.5, 0.6) is 0 Å². The molecule has 0 unspecified atom stereocenters. The summed E-state index contributed by atoms with van der Waals surface area (Å²) in [5, 5.41) is 12.5. The molecule has 0 aliphatic carbocycles. The number of aryl methyl sites for hydroxylation is 1. The summed E-state index contributed by atoms with van der Waals surface area (Å²) in [4.78, 5) is 16.5. The van der Waals surface area contributed by atoms with E-state index in [-0.39, 0.29) is 5.91 Å². The maximum Gasteiger partial charge on any atom is 0.258 e. The summed E-state index contributed by atoms with van der Waals surface area (Å²) in [5.41, 5.74) is 6.90. The molecule has 2 heterocycles. The van der Waals surface area contributed by atoms with Crippen LogP contribution < -0.4 is 11.1 Å². The summed E-state index contributed by atoms with van der Waals surface area (Å²) in [6, 6.07) is 8.92. The minimum absolute atomic E-state index is 0.272. The van der Waals surface area contributed by atoms with Gasteiger partial charge in [0, 0.05) is 5.39 Å². The van der Waals surface area contributed by atoms with E-state index in [1.165, 1.54) is 11.3 Å². The van der Waals surface area contributed by atoms with Crippen molar-refractivity contribution in [2.75, 3.05) is 11.1 Å². The maximum atomic E-state index is 12.3. The molecule has 20 heavy (non-hydrogen) atoms. The van der Waals surface area contributed by atoms with Gasteiger partial charge in [-0.15, -0.1) is 10.2 Å². The van der Waals surface area contributed by atoms with E-state index >= 15 is 0 Å². The number of para-hydroxylation sites is 1. The molecule has 0 saturated carbocycles. The fourth-order valence-corrected chi connectivity index (χ4v) is 2.48. The van der Waals surface area contributed by atoms with E-state index in [4.69, 9.17) is 5.73 Å². The first-order valence-electron chi connectivity index (χ1n) is 5.90. The van der Waals surface area contributed by atoms with Crippen LogP contribution in [0.4, 0.5) is 10.9 Å². The van der Waals surface area contributed by atoms with E-state index in [1.807, 2.05) is 31.2 Å². The standard InChI is InChI=1S/C13H11N5OS/c1-7-17-18-13(20-7)16-12(19)9-6-11(14)15-10-5-3-2-4-8(9)10/h2-6H,1H3,(H2,14,15)(H,16,18,19). The quantitative estimate of drug-likeness (QED) is 0.753. The van der Waals surface area contributed by atoms with E-state index in [0.717, 1.165) is 10.4 Å². The fourth-order valence-electron chi connectivity index (χ4n) is 1.90. The fraction of sp³-hybridized carbons (Fsp3) is 0.0769. The molecule has 2 aromatic heterocycles. The average Bonchev–Trinajstić information content (AvgIpc) is 2.83. The zero-order valence-corrected chi connectivity index (χ0v) is 11.4. The van der Waals surface area contributed by atoms with Crippen LogP contribution in [0.2, 0.25) is 0 Å². The van der Waals surface area contributed by atoms with Gasteiger partial charge in [0.05, 0.1) is 11.1 Å². The second kappa shape index (κ2) is 4.86. The van der Waals surface area contributed by atoms with Crippen molar-refractivity contribution in [3.05, 3.63) is 40.9 Å². The van der Waals surface area contributed by atoms with E-state index in [9.17, 15) is 4.79 Å². The molecule has 3 N–H and O–H groups in total. The van der Waals surface area contributed by atoms with Crippen LogP contribution in [0, 0.1) is 6.92 Å². The molecular formula is C13H11N5OS. The van der Waals surface area contributed by atoms with Crippen molar-refractivity contribution in [3.63, 3.8) is 0 Å². The smallest absolute Gasteiger partial charge is 0.258 e. The molecule has 0 bridgehead atoms. The Kier molecular flexibility index (Phi) is 3.03. The summed E-state index contributed by atoms with van der Waals surface area (Å²) in [6.45, 7) is 1.83. The van der Waals surface area contributed by atoms with Crippen LogP contribution in [0.15, 0.2) is 30.3 Å². The number of amides is 1. The molecule has 1 amide bonds. The molecular weight excluding hydrogens is 274 g/mol. The molecule has 7 heteroatoms. The number of benzene rings is 1. The highest BCUT2D eigenvalue weighted by molar-refractivity contribution is 7.15. The molecule has 100 valence electrons. The zero-order chi connectivity index (χ0) is 14.1. The lowest BCUT2D eigenvalue weighted by Crippen LogP contribution is -2.13. The summed E-state index contributed by atoms with van der Waals surface area (Å²) >= 11 is 1.32. The molecule has 3 rings (SSSR count). The van der Waals surface area contributed by atoms with Gasteiger partial charge in [-0.1, -0.05) is 29.5 Å². The summed E-state index contributed by atoms with van der Waals surface area (Å²) in [5.74, 6) is 0.0359. The number of nitrogens with zero attached hydrogens (tertiary/aromatic N) is 3. The van der Waals surface area contributed by atoms with Crippen LogP contribution in [0.3, 0.4) is 0 Å². The molecule has 1 aromatic carbocycles. The molecule has 0 atom stereocenters. The molecule has 0 radical (unpaired) electrons. The zero-order valence-electron chi connectivity index (χ0n) is 10.6. The van der Waals surface area contributed by atoms with Gasteiger partial charge in [0.15, 0.2) is 0 Å². The third-order valence-electron chi connectivity index (χ3n) is 2.73. The first-order chi connectivity index (χ1) is 9.63. The lowest BCUT2D eigenvalue weighted by molar-refractivity contribution is 0.102. The second-order valence-corrected chi connectivity index (χ2v) is 5.37. The first kappa shape index (κ1) is 12.5. The van der Waals surface area contributed by atoms with Crippen LogP contribution in [-0.4, -0.2) is 21.1 Å². The predicted molar refractivity (Wildman–Crippen MR) is 78.8 cm³/mol. The highest BCUT2D eigenvalue weighted by Gasteiger charge is 2.14. The molecule has 0 spiro atoms. The Hall–Kier alpha value is -2.54. The number of nitrogens with two attached hydrogens (primary N) is 1. The Balaban J connectivity index is 2.02. The van der Waals surface area contributed by atoms with Crippen LogP contribution >= 0.6 is 11.3 Å². The van der Waals surface area contributed by atoms with Crippen LogP contribution in [0.25, 0.3) is 10.9 Å². The Morgan fingerprint density at radius 3 is 2.85 bits per heavy atom.